The average Bonchev–Trinajstić information content (AvgIpc) is 2.73. The molecule has 0 aliphatic heterocycles. The van der Waals surface area contributed by atoms with E-state index in [1.807, 2.05) is 0 Å². The molecule has 90 valence electrons. The van der Waals surface area contributed by atoms with Crippen LogP contribution in [0.25, 0.3) is 0 Å². The number of rotatable bonds is 3. The number of halogens is 2. The summed E-state index contributed by atoms with van der Waals surface area (Å²) in [5, 5.41) is 3.27. The fourth-order valence-corrected chi connectivity index (χ4v) is 3.03. The zero-order valence-electron chi connectivity index (χ0n) is 8.09. The Kier molecular flexibility index (Phi) is 3.36. The lowest BCUT2D eigenvalue weighted by Gasteiger charge is -2.06. The van der Waals surface area contributed by atoms with Crippen LogP contribution in [0.1, 0.15) is 0 Å². The Bertz CT molecular complexity index is 629. The van der Waals surface area contributed by atoms with Crippen LogP contribution in [0.2, 0.25) is 5.15 Å². The van der Waals surface area contributed by atoms with Gasteiger partial charge in [0.15, 0.2) is 0 Å². The predicted octanol–water partition coefficient (Wildman–Crippen LogP) is 2.29. The molecule has 0 aliphatic rings. The molecule has 17 heavy (non-hydrogen) atoms. The molecule has 2 aromatic heterocycles. The van der Waals surface area contributed by atoms with Crippen molar-refractivity contribution in [2.45, 2.75) is 4.90 Å². The molecule has 2 aromatic rings. The fourth-order valence-electron chi connectivity index (χ4n) is 1.06. The lowest BCUT2D eigenvalue weighted by atomic mass is 10.5. The van der Waals surface area contributed by atoms with E-state index in [0.717, 1.165) is 6.26 Å². The second kappa shape index (κ2) is 4.63. The molecule has 0 aromatic carbocycles. The lowest BCUT2D eigenvalue weighted by molar-refractivity contribution is 0.420. The molecule has 0 atom stereocenters. The molecule has 6 nitrogen and oxygen atoms in total. The molecule has 0 amide bonds. The predicted molar refractivity (Wildman–Crippen MR) is 64.3 cm³/mol. The monoisotopic (exact) mass is 337 g/mol. The highest BCUT2D eigenvalue weighted by atomic mass is 79.9. The summed E-state index contributed by atoms with van der Waals surface area (Å²) in [7, 11) is -3.81. The van der Waals surface area contributed by atoms with Gasteiger partial charge in [-0.2, -0.15) is 0 Å². The third-order valence-corrected chi connectivity index (χ3v) is 3.99. The van der Waals surface area contributed by atoms with Gasteiger partial charge in [-0.25, -0.2) is 13.4 Å². The molecule has 0 unspecified atom stereocenters. The number of sulfonamides is 1. The van der Waals surface area contributed by atoms with Gasteiger partial charge in [-0.3, -0.25) is 4.72 Å². The molecule has 0 saturated carbocycles. The summed E-state index contributed by atoms with van der Waals surface area (Å²) in [6.45, 7) is 0. The standard InChI is InChI=1S/C8H5BrClN3O3S/c9-5-1-7(8(10)11-2-5)17(14,15)13-6-3-12-16-4-6/h1-4,13H. The average molecular weight is 339 g/mol. The Morgan fingerprint density at radius 1 is 1.41 bits per heavy atom. The first-order valence-corrected chi connectivity index (χ1v) is 6.88. The van der Waals surface area contributed by atoms with Crippen molar-refractivity contribution < 1.29 is 12.9 Å². The lowest BCUT2D eigenvalue weighted by Crippen LogP contribution is -2.13. The van der Waals surface area contributed by atoms with Gasteiger partial charge in [-0.1, -0.05) is 16.8 Å². The number of aromatic nitrogens is 2. The summed E-state index contributed by atoms with van der Waals surface area (Å²) < 4.78 is 31.2. The summed E-state index contributed by atoms with van der Waals surface area (Å²) in [5.74, 6) is 0. The highest BCUT2D eigenvalue weighted by molar-refractivity contribution is 9.10. The van der Waals surface area contributed by atoms with Crippen LogP contribution in [-0.2, 0) is 10.0 Å². The maximum Gasteiger partial charge on any atom is 0.265 e. The number of hydrogen-bond donors (Lipinski definition) is 1. The van der Waals surface area contributed by atoms with Gasteiger partial charge in [-0.05, 0) is 22.0 Å². The van der Waals surface area contributed by atoms with Crippen LogP contribution in [0.5, 0.6) is 0 Å². The minimum atomic E-state index is -3.81. The molecule has 9 heteroatoms. The highest BCUT2D eigenvalue weighted by Gasteiger charge is 2.20. The molecule has 0 saturated heterocycles. The minimum Gasteiger partial charge on any atom is -0.362 e. The van der Waals surface area contributed by atoms with Gasteiger partial charge in [0.1, 0.15) is 22.0 Å². The molecule has 2 rings (SSSR count). The molecular formula is C8H5BrClN3O3S. The third kappa shape index (κ3) is 2.76. The van der Waals surface area contributed by atoms with Gasteiger partial charge >= 0.3 is 0 Å². The maximum absolute atomic E-state index is 11.9. The SMILES string of the molecule is O=S(=O)(Nc1cnoc1)c1cc(Br)cnc1Cl. The second-order valence-corrected chi connectivity index (χ2v) is 5.89. The van der Waals surface area contributed by atoms with Crippen molar-refractivity contribution in [3.8, 4) is 0 Å². The van der Waals surface area contributed by atoms with Crippen molar-refractivity contribution in [3.05, 3.63) is 34.3 Å². The van der Waals surface area contributed by atoms with E-state index >= 15 is 0 Å². The minimum absolute atomic E-state index is 0.114. The summed E-state index contributed by atoms with van der Waals surface area (Å²) in [4.78, 5) is 3.60. The summed E-state index contributed by atoms with van der Waals surface area (Å²) in [5.41, 5.74) is 0.209. The van der Waals surface area contributed by atoms with E-state index in [9.17, 15) is 8.42 Å². The summed E-state index contributed by atoms with van der Waals surface area (Å²) in [6, 6.07) is 1.35. The van der Waals surface area contributed by atoms with Crippen LogP contribution >= 0.6 is 27.5 Å². The van der Waals surface area contributed by atoms with Gasteiger partial charge in [-0.15, -0.1) is 0 Å². The smallest absolute Gasteiger partial charge is 0.265 e. The molecule has 0 aliphatic carbocycles. The highest BCUT2D eigenvalue weighted by Crippen LogP contribution is 2.24. The van der Waals surface area contributed by atoms with E-state index in [4.69, 9.17) is 11.6 Å². The van der Waals surface area contributed by atoms with Crippen LogP contribution < -0.4 is 4.72 Å². The summed E-state index contributed by atoms with van der Waals surface area (Å²) in [6.07, 6.45) is 3.80. The zero-order chi connectivity index (χ0) is 12.5. The first kappa shape index (κ1) is 12.3. The van der Waals surface area contributed by atoms with Crippen LogP contribution in [0.15, 0.2) is 38.6 Å². The Labute approximate surface area is 110 Å². The Hall–Kier alpha value is -1.12. The van der Waals surface area contributed by atoms with Crippen molar-refractivity contribution in [2.75, 3.05) is 4.72 Å². The first-order chi connectivity index (χ1) is 7.99. The second-order valence-electron chi connectivity index (χ2n) is 2.96. The largest absolute Gasteiger partial charge is 0.362 e. The quantitative estimate of drug-likeness (QED) is 0.868. The van der Waals surface area contributed by atoms with E-state index in [1.165, 1.54) is 18.5 Å². The van der Waals surface area contributed by atoms with E-state index in [0.29, 0.717) is 4.47 Å². The molecule has 0 spiro atoms. The number of nitrogens with one attached hydrogen (secondary N) is 1. The Morgan fingerprint density at radius 3 is 2.82 bits per heavy atom. The zero-order valence-corrected chi connectivity index (χ0v) is 11.3. The number of hydrogen-bond acceptors (Lipinski definition) is 5. The molecular weight excluding hydrogens is 334 g/mol. The van der Waals surface area contributed by atoms with Crippen molar-refractivity contribution in [1.82, 2.24) is 10.1 Å². The number of pyridine rings is 1. The van der Waals surface area contributed by atoms with E-state index in [2.05, 4.69) is 35.3 Å². The number of anilines is 1. The number of nitrogens with zero attached hydrogens (tertiary/aromatic N) is 2. The fraction of sp³-hybridized carbons (Fsp3) is 0. The molecule has 0 bridgehead atoms. The molecule has 1 N–H and O–H groups in total. The maximum atomic E-state index is 11.9. The van der Waals surface area contributed by atoms with Crippen LogP contribution in [0.3, 0.4) is 0 Å². The van der Waals surface area contributed by atoms with Crippen LogP contribution in [0.4, 0.5) is 5.69 Å². The van der Waals surface area contributed by atoms with Crippen molar-refractivity contribution >= 4 is 43.2 Å². The Morgan fingerprint density at radius 2 is 2.18 bits per heavy atom. The first-order valence-electron chi connectivity index (χ1n) is 4.22. The van der Waals surface area contributed by atoms with Gasteiger partial charge in [0.2, 0.25) is 0 Å². The van der Waals surface area contributed by atoms with Crippen molar-refractivity contribution in [2.24, 2.45) is 0 Å². The van der Waals surface area contributed by atoms with Crippen molar-refractivity contribution in [3.63, 3.8) is 0 Å². The molecule has 2 heterocycles. The Balaban J connectivity index is 2.41. The van der Waals surface area contributed by atoms with Gasteiger partial charge < -0.3 is 4.52 Å². The van der Waals surface area contributed by atoms with Crippen LogP contribution in [-0.4, -0.2) is 18.6 Å². The van der Waals surface area contributed by atoms with E-state index < -0.39 is 10.0 Å². The third-order valence-electron chi connectivity index (χ3n) is 1.75. The molecule has 0 radical (unpaired) electrons. The topological polar surface area (TPSA) is 85.1 Å². The summed E-state index contributed by atoms with van der Waals surface area (Å²) >= 11 is 8.85. The normalized spacial score (nSPS) is 11.4. The van der Waals surface area contributed by atoms with Crippen molar-refractivity contribution in [1.29, 1.82) is 0 Å². The van der Waals surface area contributed by atoms with E-state index in [1.54, 1.807) is 0 Å². The molecule has 0 fully saturated rings. The van der Waals surface area contributed by atoms with Crippen LogP contribution in [0, 0.1) is 0 Å². The van der Waals surface area contributed by atoms with Gasteiger partial charge in [0.25, 0.3) is 10.0 Å². The van der Waals surface area contributed by atoms with E-state index in [-0.39, 0.29) is 15.7 Å². The van der Waals surface area contributed by atoms with Gasteiger partial charge in [0, 0.05) is 10.7 Å². The van der Waals surface area contributed by atoms with Gasteiger partial charge in [0.05, 0.1) is 6.20 Å².